The fourth-order valence-electron chi connectivity index (χ4n) is 3.84. The van der Waals surface area contributed by atoms with E-state index in [0.717, 1.165) is 36.3 Å². The van der Waals surface area contributed by atoms with E-state index in [0.29, 0.717) is 6.54 Å². The second kappa shape index (κ2) is 7.32. The van der Waals surface area contributed by atoms with Gasteiger partial charge < -0.3 is 4.57 Å². The Morgan fingerprint density at radius 1 is 1.07 bits per heavy atom. The van der Waals surface area contributed by atoms with Gasteiger partial charge in [0.05, 0.1) is 11.0 Å². The molecule has 4 rings (SSSR count). The van der Waals surface area contributed by atoms with Gasteiger partial charge in [-0.15, -0.1) is 0 Å². The molecule has 6 heteroatoms. The van der Waals surface area contributed by atoms with Crippen LogP contribution in [0.5, 0.6) is 0 Å². The summed E-state index contributed by atoms with van der Waals surface area (Å²) in [6.07, 6.45) is 3.05. The molecule has 0 radical (unpaired) electrons. The maximum absolute atomic E-state index is 13.5. The molecular weight excluding hydrogens is 345 g/mol. The van der Waals surface area contributed by atoms with Crippen molar-refractivity contribution in [1.29, 1.82) is 0 Å². The first-order valence-corrected chi connectivity index (χ1v) is 9.00. The van der Waals surface area contributed by atoms with Gasteiger partial charge in [0.15, 0.2) is 0 Å². The van der Waals surface area contributed by atoms with Crippen molar-refractivity contribution in [2.75, 3.05) is 6.54 Å². The largest absolute Gasteiger partial charge is 0.350 e. The van der Waals surface area contributed by atoms with E-state index in [1.807, 2.05) is 24.3 Å². The molecular formula is C21H20FN3O2. The van der Waals surface area contributed by atoms with E-state index < -0.39 is 0 Å². The number of rotatable bonds is 4. The van der Waals surface area contributed by atoms with Crippen LogP contribution >= 0.6 is 0 Å². The van der Waals surface area contributed by atoms with Gasteiger partial charge in [0.2, 0.25) is 0 Å². The van der Waals surface area contributed by atoms with Gasteiger partial charge in [-0.3, -0.25) is 15.0 Å². The minimum Gasteiger partial charge on any atom is -0.350 e. The van der Waals surface area contributed by atoms with Crippen LogP contribution in [0.25, 0.3) is 0 Å². The topological polar surface area (TPSA) is 51.3 Å². The second-order valence-electron chi connectivity index (χ2n) is 6.83. The Hall–Kier alpha value is -2.99. The molecule has 5 nitrogen and oxygen atoms in total. The number of nitro benzene ring substituents is 1. The summed E-state index contributed by atoms with van der Waals surface area (Å²) in [6.45, 7) is 2.37. The van der Waals surface area contributed by atoms with E-state index >= 15 is 0 Å². The van der Waals surface area contributed by atoms with Crippen LogP contribution in [0.1, 0.15) is 29.3 Å². The van der Waals surface area contributed by atoms with Gasteiger partial charge in [0, 0.05) is 43.7 Å². The van der Waals surface area contributed by atoms with Crippen LogP contribution in [-0.4, -0.2) is 20.9 Å². The van der Waals surface area contributed by atoms with Crippen molar-refractivity contribution in [2.45, 2.75) is 25.6 Å². The van der Waals surface area contributed by atoms with Crippen LogP contribution in [0, 0.1) is 15.9 Å². The molecule has 0 saturated carbocycles. The summed E-state index contributed by atoms with van der Waals surface area (Å²) < 4.78 is 15.7. The Morgan fingerprint density at radius 2 is 1.89 bits per heavy atom. The van der Waals surface area contributed by atoms with E-state index in [-0.39, 0.29) is 22.5 Å². The Morgan fingerprint density at radius 3 is 2.67 bits per heavy atom. The zero-order valence-electron chi connectivity index (χ0n) is 14.8. The highest BCUT2D eigenvalue weighted by molar-refractivity contribution is 5.35. The zero-order chi connectivity index (χ0) is 18.8. The van der Waals surface area contributed by atoms with Gasteiger partial charge in [-0.25, -0.2) is 4.39 Å². The molecule has 3 aromatic rings. The van der Waals surface area contributed by atoms with Crippen LogP contribution in [0.15, 0.2) is 66.9 Å². The third-order valence-electron chi connectivity index (χ3n) is 5.05. The summed E-state index contributed by atoms with van der Waals surface area (Å²) in [5, 5.41) is 11.1. The molecule has 1 atom stereocenters. The number of hydrogen-bond donors (Lipinski definition) is 0. The lowest BCUT2D eigenvalue weighted by Crippen LogP contribution is -2.29. The molecule has 1 aliphatic heterocycles. The van der Waals surface area contributed by atoms with Crippen LogP contribution in [0.4, 0.5) is 10.1 Å². The van der Waals surface area contributed by atoms with E-state index in [9.17, 15) is 14.5 Å². The first-order valence-electron chi connectivity index (χ1n) is 9.00. The first-order chi connectivity index (χ1) is 13.1. The minimum atomic E-state index is -0.367. The predicted molar refractivity (Wildman–Crippen MR) is 101 cm³/mol. The molecule has 1 aliphatic rings. The molecule has 0 bridgehead atoms. The molecule has 138 valence electrons. The number of nitro groups is 1. The molecule has 1 unspecified atom stereocenters. The monoisotopic (exact) mass is 365 g/mol. The number of non-ortho nitro benzene ring substituents is 1. The molecule has 0 saturated heterocycles. The van der Waals surface area contributed by atoms with Gasteiger partial charge in [-0.1, -0.05) is 24.3 Å². The fraction of sp³-hybridized carbons (Fsp3) is 0.238. The predicted octanol–water partition coefficient (Wildman–Crippen LogP) is 4.53. The normalized spacial score (nSPS) is 17.3. The van der Waals surface area contributed by atoms with E-state index in [4.69, 9.17) is 0 Å². The maximum atomic E-state index is 13.5. The quantitative estimate of drug-likeness (QED) is 0.504. The van der Waals surface area contributed by atoms with E-state index in [2.05, 4.69) is 21.7 Å². The molecule has 27 heavy (non-hydrogen) atoms. The molecule has 0 fully saturated rings. The summed E-state index contributed by atoms with van der Waals surface area (Å²) in [6, 6.07) is 17.5. The number of benzene rings is 2. The summed E-state index contributed by atoms with van der Waals surface area (Å²) in [5.41, 5.74) is 3.17. The van der Waals surface area contributed by atoms with Crippen LogP contribution in [0.2, 0.25) is 0 Å². The van der Waals surface area contributed by atoms with Crippen molar-refractivity contribution in [3.05, 3.63) is 99.6 Å². The molecule has 0 aliphatic carbocycles. The van der Waals surface area contributed by atoms with Gasteiger partial charge in [-0.05, 0) is 41.8 Å². The Bertz CT molecular complexity index is 952. The highest BCUT2D eigenvalue weighted by Crippen LogP contribution is 2.33. The maximum Gasteiger partial charge on any atom is 0.269 e. The molecule has 2 heterocycles. The third-order valence-corrected chi connectivity index (χ3v) is 5.05. The van der Waals surface area contributed by atoms with Gasteiger partial charge in [-0.2, -0.15) is 0 Å². The van der Waals surface area contributed by atoms with Crippen LogP contribution in [-0.2, 0) is 13.1 Å². The fourth-order valence-corrected chi connectivity index (χ4v) is 3.84. The molecule has 0 N–H and O–H groups in total. The van der Waals surface area contributed by atoms with Crippen molar-refractivity contribution in [2.24, 2.45) is 0 Å². The lowest BCUT2D eigenvalue weighted by molar-refractivity contribution is -0.384. The average Bonchev–Trinajstić information content (AvgIpc) is 3.05. The number of halogens is 1. The van der Waals surface area contributed by atoms with E-state index in [1.54, 1.807) is 12.1 Å². The van der Waals surface area contributed by atoms with Gasteiger partial charge >= 0.3 is 0 Å². The average molecular weight is 365 g/mol. The number of hydrogen-bond acceptors (Lipinski definition) is 3. The summed E-state index contributed by atoms with van der Waals surface area (Å²) in [4.78, 5) is 13.0. The van der Waals surface area contributed by atoms with Gasteiger partial charge in [0.25, 0.3) is 5.69 Å². The molecule has 2 aromatic carbocycles. The Kier molecular flexibility index (Phi) is 4.73. The Balaban J connectivity index is 1.72. The van der Waals surface area contributed by atoms with Crippen molar-refractivity contribution >= 4 is 5.69 Å². The summed E-state index contributed by atoms with van der Waals surface area (Å²) in [5.74, 6) is -0.256. The van der Waals surface area contributed by atoms with Crippen molar-refractivity contribution in [3.63, 3.8) is 0 Å². The summed E-state index contributed by atoms with van der Waals surface area (Å²) in [7, 11) is 0. The second-order valence-corrected chi connectivity index (χ2v) is 6.83. The first kappa shape index (κ1) is 17.4. The number of aryl methyl sites for hydroxylation is 1. The van der Waals surface area contributed by atoms with Crippen molar-refractivity contribution in [3.8, 4) is 0 Å². The number of nitrogens with zero attached hydrogens (tertiary/aromatic N) is 3. The third kappa shape index (κ3) is 3.61. The highest BCUT2D eigenvalue weighted by Gasteiger charge is 2.27. The SMILES string of the molecule is O=[N+]([O-])c1cccc(CN2CCCn3cccc3C2c2ccc(F)cc2)c1. The molecule has 1 aromatic heterocycles. The van der Waals surface area contributed by atoms with Crippen LogP contribution < -0.4 is 0 Å². The van der Waals surface area contributed by atoms with E-state index in [1.165, 1.54) is 18.2 Å². The van der Waals surface area contributed by atoms with Gasteiger partial charge in [0.1, 0.15) is 5.82 Å². The van der Waals surface area contributed by atoms with Crippen molar-refractivity contribution < 1.29 is 9.31 Å². The number of fused-ring (bicyclic) bond motifs is 1. The lowest BCUT2D eigenvalue weighted by Gasteiger charge is -2.30. The lowest BCUT2D eigenvalue weighted by atomic mass is 10.0. The highest BCUT2D eigenvalue weighted by atomic mass is 19.1. The standard InChI is InChI=1S/C21H20FN3O2/c22-18-9-7-17(8-10-18)21-20-6-2-11-23(20)12-3-13-24(21)15-16-4-1-5-19(14-16)25(26)27/h1-2,4-11,14,21H,3,12-13,15H2. The smallest absolute Gasteiger partial charge is 0.269 e. The molecule has 0 amide bonds. The van der Waals surface area contributed by atoms with Crippen LogP contribution in [0.3, 0.4) is 0 Å². The number of aromatic nitrogens is 1. The minimum absolute atomic E-state index is 0.0256. The molecule has 0 spiro atoms. The summed E-state index contributed by atoms with van der Waals surface area (Å²) >= 11 is 0. The zero-order valence-corrected chi connectivity index (χ0v) is 14.8. The Labute approximate surface area is 156 Å². The van der Waals surface area contributed by atoms with Crippen molar-refractivity contribution in [1.82, 2.24) is 9.47 Å².